The molecule has 2 N–H and O–H groups in total. The Morgan fingerprint density at radius 3 is 2.29 bits per heavy atom. The van der Waals surface area contributed by atoms with Crippen LogP contribution in [0.5, 0.6) is 11.5 Å². The first-order chi connectivity index (χ1) is 9.99. The third kappa shape index (κ3) is 3.22. The van der Waals surface area contributed by atoms with E-state index < -0.39 is 6.04 Å². The van der Waals surface area contributed by atoms with Crippen LogP contribution in [0.2, 0.25) is 0 Å². The first kappa shape index (κ1) is 16.3. The summed E-state index contributed by atoms with van der Waals surface area (Å²) in [6.07, 6.45) is 0. The van der Waals surface area contributed by atoms with E-state index in [1.165, 1.54) is 12.1 Å². The molecule has 21 heavy (non-hydrogen) atoms. The first-order valence-electron chi connectivity index (χ1n) is 6.10. The summed E-state index contributed by atoms with van der Waals surface area (Å²) in [6.45, 7) is 0. The highest BCUT2D eigenvalue weighted by atomic mass is 79.9. The van der Waals surface area contributed by atoms with Crippen molar-refractivity contribution in [2.45, 2.75) is 6.04 Å². The number of nitrogens with two attached hydrogens (primary N) is 1. The van der Waals surface area contributed by atoms with Crippen molar-refractivity contribution in [2.24, 2.45) is 5.73 Å². The quantitative estimate of drug-likeness (QED) is 0.799. The van der Waals surface area contributed by atoms with Crippen LogP contribution in [0, 0.1) is 5.82 Å². The molecule has 0 bridgehead atoms. The maximum atomic E-state index is 13.2. The minimum absolute atomic E-state index is 0.319. The van der Waals surface area contributed by atoms with E-state index in [0.717, 1.165) is 11.1 Å². The van der Waals surface area contributed by atoms with Gasteiger partial charge in [-0.05, 0) is 45.8 Å². The standard InChI is InChI=1S/C15H14Br2FNO2/c1-20-12-6-5-10(15(21-2)13(12)17)14(19)9-4-3-8(18)7-11(9)16/h3-7,14H,19H2,1-2H3. The fraction of sp³-hybridized carbons (Fsp3) is 0.200. The third-order valence-corrected chi connectivity index (χ3v) is 4.59. The van der Waals surface area contributed by atoms with E-state index in [1.54, 1.807) is 26.4 Å². The highest BCUT2D eigenvalue weighted by molar-refractivity contribution is 9.11. The number of hydrogen-bond donors (Lipinski definition) is 1. The lowest BCUT2D eigenvalue weighted by Gasteiger charge is -2.19. The topological polar surface area (TPSA) is 44.5 Å². The lowest BCUT2D eigenvalue weighted by molar-refractivity contribution is 0.385. The van der Waals surface area contributed by atoms with Gasteiger partial charge in [0.25, 0.3) is 0 Å². The highest BCUT2D eigenvalue weighted by Crippen LogP contribution is 2.41. The summed E-state index contributed by atoms with van der Waals surface area (Å²) in [5, 5.41) is 0. The lowest BCUT2D eigenvalue weighted by Crippen LogP contribution is -2.14. The molecule has 0 aliphatic heterocycles. The first-order valence-corrected chi connectivity index (χ1v) is 7.69. The average molecular weight is 419 g/mol. The second kappa shape index (κ2) is 6.77. The van der Waals surface area contributed by atoms with Crippen LogP contribution in [-0.2, 0) is 0 Å². The molecule has 2 rings (SSSR count). The van der Waals surface area contributed by atoms with Gasteiger partial charge in [-0.25, -0.2) is 4.39 Å². The van der Waals surface area contributed by atoms with E-state index in [-0.39, 0.29) is 5.82 Å². The van der Waals surface area contributed by atoms with Gasteiger partial charge in [0, 0.05) is 10.0 Å². The predicted molar refractivity (Wildman–Crippen MR) is 87.4 cm³/mol. The molecule has 0 fully saturated rings. The number of methoxy groups -OCH3 is 2. The number of ether oxygens (including phenoxy) is 2. The van der Waals surface area contributed by atoms with E-state index in [2.05, 4.69) is 31.9 Å². The van der Waals surface area contributed by atoms with Gasteiger partial charge in [-0.2, -0.15) is 0 Å². The molecule has 2 aromatic rings. The summed E-state index contributed by atoms with van der Waals surface area (Å²) >= 11 is 6.79. The second-order valence-corrected chi connectivity index (χ2v) is 6.00. The molecular weight excluding hydrogens is 405 g/mol. The van der Waals surface area contributed by atoms with Crippen molar-refractivity contribution in [3.05, 3.63) is 56.2 Å². The molecule has 0 radical (unpaired) electrons. The SMILES string of the molecule is COc1ccc(C(N)c2ccc(F)cc2Br)c(OC)c1Br. The molecule has 1 atom stereocenters. The van der Waals surface area contributed by atoms with Crippen LogP contribution < -0.4 is 15.2 Å². The molecule has 0 aliphatic carbocycles. The minimum atomic E-state index is -0.461. The summed E-state index contributed by atoms with van der Waals surface area (Å²) in [6, 6.07) is 7.60. The van der Waals surface area contributed by atoms with Crippen molar-refractivity contribution in [2.75, 3.05) is 14.2 Å². The fourth-order valence-corrected chi connectivity index (χ4v) is 3.37. The molecule has 1 unspecified atom stereocenters. The van der Waals surface area contributed by atoms with E-state index in [9.17, 15) is 4.39 Å². The average Bonchev–Trinajstić information content (AvgIpc) is 2.46. The van der Waals surface area contributed by atoms with Crippen LogP contribution in [0.3, 0.4) is 0 Å². The van der Waals surface area contributed by atoms with Crippen molar-refractivity contribution in [1.29, 1.82) is 0 Å². The Balaban J connectivity index is 2.52. The van der Waals surface area contributed by atoms with E-state index in [4.69, 9.17) is 15.2 Å². The maximum Gasteiger partial charge on any atom is 0.141 e. The van der Waals surface area contributed by atoms with Gasteiger partial charge in [-0.1, -0.05) is 22.0 Å². The number of benzene rings is 2. The molecule has 0 amide bonds. The summed E-state index contributed by atoms with van der Waals surface area (Å²) < 4.78 is 25.2. The lowest BCUT2D eigenvalue weighted by atomic mass is 9.98. The van der Waals surface area contributed by atoms with Crippen molar-refractivity contribution in [3.8, 4) is 11.5 Å². The van der Waals surface area contributed by atoms with Crippen molar-refractivity contribution in [1.82, 2.24) is 0 Å². The number of hydrogen-bond acceptors (Lipinski definition) is 3. The van der Waals surface area contributed by atoms with Gasteiger partial charge in [0.15, 0.2) is 0 Å². The Hall–Kier alpha value is -1.11. The van der Waals surface area contributed by atoms with Gasteiger partial charge in [-0.15, -0.1) is 0 Å². The molecular formula is C15H14Br2FNO2. The van der Waals surface area contributed by atoms with Crippen LogP contribution >= 0.6 is 31.9 Å². The third-order valence-electron chi connectivity index (χ3n) is 3.15. The van der Waals surface area contributed by atoms with Gasteiger partial charge >= 0.3 is 0 Å². The fourth-order valence-electron chi connectivity index (χ4n) is 2.08. The van der Waals surface area contributed by atoms with Gasteiger partial charge < -0.3 is 15.2 Å². The number of rotatable bonds is 4. The molecule has 0 aromatic heterocycles. The van der Waals surface area contributed by atoms with Gasteiger partial charge in [-0.3, -0.25) is 0 Å². The largest absolute Gasteiger partial charge is 0.495 e. The van der Waals surface area contributed by atoms with Crippen LogP contribution in [0.1, 0.15) is 17.2 Å². The Morgan fingerprint density at radius 2 is 1.71 bits per heavy atom. The number of halogens is 3. The summed E-state index contributed by atoms with van der Waals surface area (Å²) in [7, 11) is 3.14. The summed E-state index contributed by atoms with van der Waals surface area (Å²) in [4.78, 5) is 0. The van der Waals surface area contributed by atoms with Crippen LogP contribution in [-0.4, -0.2) is 14.2 Å². The normalized spacial score (nSPS) is 12.1. The molecule has 112 valence electrons. The van der Waals surface area contributed by atoms with E-state index in [0.29, 0.717) is 20.4 Å². The van der Waals surface area contributed by atoms with Gasteiger partial charge in [0.1, 0.15) is 21.8 Å². The second-order valence-electron chi connectivity index (χ2n) is 4.35. The van der Waals surface area contributed by atoms with Gasteiger partial charge in [0.2, 0.25) is 0 Å². The molecule has 6 heteroatoms. The molecule has 2 aromatic carbocycles. The highest BCUT2D eigenvalue weighted by Gasteiger charge is 2.20. The van der Waals surface area contributed by atoms with Crippen LogP contribution in [0.25, 0.3) is 0 Å². The molecule has 0 saturated carbocycles. The van der Waals surface area contributed by atoms with Crippen LogP contribution in [0.15, 0.2) is 39.3 Å². The zero-order valence-corrected chi connectivity index (χ0v) is 14.7. The molecule has 0 heterocycles. The Morgan fingerprint density at radius 1 is 1.05 bits per heavy atom. The molecule has 0 spiro atoms. The monoisotopic (exact) mass is 417 g/mol. The Labute approximate surface area is 139 Å². The molecule has 0 aliphatic rings. The van der Waals surface area contributed by atoms with Crippen molar-refractivity contribution >= 4 is 31.9 Å². The van der Waals surface area contributed by atoms with Crippen molar-refractivity contribution < 1.29 is 13.9 Å². The predicted octanol–water partition coefficient (Wildman–Crippen LogP) is 4.42. The maximum absolute atomic E-state index is 13.2. The zero-order chi connectivity index (χ0) is 15.6. The minimum Gasteiger partial charge on any atom is -0.495 e. The summed E-state index contributed by atoms with van der Waals surface area (Å²) in [5.74, 6) is 0.930. The Bertz CT molecular complexity index is 664. The smallest absolute Gasteiger partial charge is 0.141 e. The Kier molecular flexibility index (Phi) is 5.24. The molecule has 0 saturated heterocycles. The van der Waals surface area contributed by atoms with Gasteiger partial charge in [0.05, 0.1) is 20.3 Å². The van der Waals surface area contributed by atoms with Crippen molar-refractivity contribution in [3.63, 3.8) is 0 Å². The van der Waals surface area contributed by atoms with E-state index in [1.807, 2.05) is 6.07 Å². The zero-order valence-electron chi connectivity index (χ0n) is 11.5. The van der Waals surface area contributed by atoms with E-state index >= 15 is 0 Å². The summed E-state index contributed by atoms with van der Waals surface area (Å²) in [5.41, 5.74) is 7.86. The molecule has 3 nitrogen and oxygen atoms in total. The van der Waals surface area contributed by atoms with Crippen LogP contribution in [0.4, 0.5) is 4.39 Å².